The Morgan fingerprint density at radius 2 is 1.18 bits per heavy atom. The summed E-state index contributed by atoms with van der Waals surface area (Å²) < 4.78 is 0. The van der Waals surface area contributed by atoms with E-state index in [0.29, 0.717) is 0 Å². The summed E-state index contributed by atoms with van der Waals surface area (Å²) >= 11 is 0. The summed E-state index contributed by atoms with van der Waals surface area (Å²) in [5.74, 6) is 0. The molecule has 22 heavy (non-hydrogen) atoms. The molecule has 0 saturated heterocycles. The Morgan fingerprint density at radius 3 is 1.68 bits per heavy atom. The average molecular weight is 312 g/mol. The normalized spacial score (nSPS) is 13.2. The predicted molar refractivity (Wildman–Crippen MR) is 103 cm³/mol. The lowest BCUT2D eigenvalue weighted by molar-refractivity contribution is 0.702. The lowest BCUT2D eigenvalue weighted by atomic mass is 10.1. The van der Waals surface area contributed by atoms with Crippen molar-refractivity contribution < 1.29 is 0 Å². The quantitative estimate of drug-likeness (QED) is 0.445. The van der Waals surface area contributed by atoms with Crippen molar-refractivity contribution in [1.29, 1.82) is 0 Å². The Labute approximate surface area is 137 Å². The molecule has 2 aromatic rings. The van der Waals surface area contributed by atoms with E-state index in [4.69, 9.17) is 6.66 Å². The number of rotatable bonds is 2. The standard InChI is InChI=1S/C21H29P/c1-20(2,3)22(7,21(4,5)6)19-15-11-14-18(16-19)17-12-9-8-10-13-17/h8-16H,7H2,1-6H3. The second-order valence-corrected chi connectivity index (χ2v) is 12.9. The first-order valence-electron chi connectivity index (χ1n) is 7.97. The van der Waals surface area contributed by atoms with Crippen LogP contribution in [0.1, 0.15) is 41.5 Å². The zero-order chi connectivity index (χ0) is 16.6. The molecule has 1 heteroatoms. The molecule has 0 saturated carbocycles. The molecule has 0 bridgehead atoms. The fourth-order valence-electron chi connectivity index (χ4n) is 3.33. The molecule has 0 atom stereocenters. The third-order valence-corrected chi connectivity index (χ3v) is 10.4. The third-order valence-electron chi connectivity index (χ3n) is 4.68. The van der Waals surface area contributed by atoms with Crippen molar-refractivity contribution in [2.24, 2.45) is 0 Å². The summed E-state index contributed by atoms with van der Waals surface area (Å²) in [7, 11) is -1.59. The maximum atomic E-state index is 4.83. The van der Waals surface area contributed by atoms with Crippen molar-refractivity contribution >= 4 is 12.6 Å². The van der Waals surface area contributed by atoms with E-state index in [1.165, 1.54) is 16.4 Å². The largest absolute Gasteiger partial charge is 0.174 e. The van der Waals surface area contributed by atoms with E-state index >= 15 is 0 Å². The van der Waals surface area contributed by atoms with Crippen LogP contribution in [-0.2, 0) is 0 Å². The Hall–Kier alpha value is -1.13. The topological polar surface area (TPSA) is 0 Å². The van der Waals surface area contributed by atoms with Gasteiger partial charge in [-0.2, -0.15) is 6.66 Å². The van der Waals surface area contributed by atoms with E-state index in [1.54, 1.807) is 0 Å². The van der Waals surface area contributed by atoms with Gasteiger partial charge in [0.2, 0.25) is 0 Å². The first kappa shape index (κ1) is 17.2. The number of benzene rings is 2. The van der Waals surface area contributed by atoms with E-state index in [0.717, 1.165) is 0 Å². The molecule has 0 aromatic heterocycles. The second-order valence-electron chi connectivity index (χ2n) is 8.07. The molecular formula is C21H29P. The zero-order valence-corrected chi connectivity index (χ0v) is 15.7. The Morgan fingerprint density at radius 1 is 0.682 bits per heavy atom. The van der Waals surface area contributed by atoms with E-state index < -0.39 is 7.26 Å². The third kappa shape index (κ3) is 2.99. The van der Waals surface area contributed by atoms with Gasteiger partial charge in [-0.1, -0.05) is 49.7 Å². The SMILES string of the molecule is [CH2-][P+](c1cccc(-c2ccccc2)c1)(C(C)(C)C)C(C)(C)C. The van der Waals surface area contributed by atoms with Gasteiger partial charge < -0.3 is 0 Å². The summed E-state index contributed by atoms with van der Waals surface area (Å²) in [4.78, 5) is 0. The van der Waals surface area contributed by atoms with Gasteiger partial charge in [0.05, 0.1) is 15.6 Å². The van der Waals surface area contributed by atoms with Crippen LogP contribution in [0.25, 0.3) is 11.1 Å². The molecule has 0 nitrogen and oxygen atoms in total. The van der Waals surface area contributed by atoms with Crippen LogP contribution in [-0.4, -0.2) is 10.3 Å². The highest BCUT2D eigenvalue weighted by molar-refractivity contribution is 7.86. The van der Waals surface area contributed by atoms with Crippen LogP contribution in [0.4, 0.5) is 0 Å². The summed E-state index contributed by atoms with van der Waals surface area (Å²) in [5, 5.41) is 1.79. The molecule has 0 radical (unpaired) electrons. The van der Waals surface area contributed by atoms with Crippen LogP contribution in [0, 0.1) is 6.66 Å². The molecule has 0 aliphatic heterocycles. The fraction of sp³-hybridized carbons (Fsp3) is 0.381. The van der Waals surface area contributed by atoms with E-state index in [2.05, 4.69) is 96.1 Å². The maximum Gasteiger partial charge on any atom is 0.0662 e. The van der Waals surface area contributed by atoms with E-state index in [-0.39, 0.29) is 10.3 Å². The molecule has 2 aromatic carbocycles. The van der Waals surface area contributed by atoms with Crippen molar-refractivity contribution in [1.82, 2.24) is 0 Å². The lowest BCUT2D eigenvalue weighted by Gasteiger charge is -2.51. The van der Waals surface area contributed by atoms with Crippen LogP contribution < -0.4 is 5.30 Å². The minimum Gasteiger partial charge on any atom is -0.174 e. The summed E-state index contributed by atoms with van der Waals surface area (Å²) in [6.45, 7) is 18.9. The molecule has 0 heterocycles. The molecule has 0 fully saturated rings. The fourth-order valence-corrected chi connectivity index (χ4v) is 7.60. The van der Waals surface area contributed by atoms with Gasteiger partial charge in [-0.3, -0.25) is 0 Å². The van der Waals surface area contributed by atoms with Crippen molar-refractivity contribution in [2.75, 3.05) is 0 Å². The van der Waals surface area contributed by atoms with Crippen LogP contribution in [0.5, 0.6) is 0 Å². The lowest BCUT2D eigenvalue weighted by Crippen LogP contribution is -2.38. The Kier molecular flexibility index (Phi) is 4.56. The molecule has 2 rings (SSSR count). The first-order valence-corrected chi connectivity index (χ1v) is 9.94. The van der Waals surface area contributed by atoms with Crippen molar-refractivity contribution in [3.63, 3.8) is 0 Å². The highest BCUT2D eigenvalue weighted by atomic mass is 31.2. The molecule has 0 N–H and O–H groups in total. The monoisotopic (exact) mass is 312 g/mol. The predicted octanol–water partition coefficient (Wildman–Crippen LogP) is 6.39. The van der Waals surface area contributed by atoms with Gasteiger partial charge in [0.1, 0.15) is 0 Å². The molecule has 0 aliphatic rings. The van der Waals surface area contributed by atoms with Gasteiger partial charge in [0.25, 0.3) is 0 Å². The van der Waals surface area contributed by atoms with Gasteiger partial charge in [-0.25, -0.2) is 0 Å². The molecule has 0 unspecified atom stereocenters. The van der Waals surface area contributed by atoms with Gasteiger partial charge >= 0.3 is 0 Å². The van der Waals surface area contributed by atoms with Crippen LogP contribution in [0.2, 0.25) is 0 Å². The van der Waals surface area contributed by atoms with Gasteiger partial charge in [0.15, 0.2) is 0 Å². The summed E-state index contributed by atoms with van der Waals surface area (Å²) in [6, 6.07) is 19.7. The van der Waals surface area contributed by atoms with Crippen LogP contribution in [0.15, 0.2) is 54.6 Å². The molecule has 0 aliphatic carbocycles. The minimum atomic E-state index is -1.59. The maximum absolute atomic E-state index is 4.83. The van der Waals surface area contributed by atoms with E-state index in [1.807, 2.05) is 0 Å². The van der Waals surface area contributed by atoms with Gasteiger partial charge in [-0.05, 0) is 64.8 Å². The number of hydrogen-bond donors (Lipinski definition) is 0. The smallest absolute Gasteiger partial charge is 0.0662 e. The molecule has 118 valence electrons. The second kappa shape index (κ2) is 5.82. The Bertz CT molecular complexity index is 613. The van der Waals surface area contributed by atoms with Crippen molar-refractivity contribution in [3.8, 4) is 11.1 Å². The van der Waals surface area contributed by atoms with E-state index in [9.17, 15) is 0 Å². The number of hydrogen-bond acceptors (Lipinski definition) is 0. The first-order chi connectivity index (χ1) is 10.1. The molecule has 0 spiro atoms. The summed E-state index contributed by atoms with van der Waals surface area (Å²) in [6.07, 6.45) is 0. The van der Waals surface area contributed by atoms with Gasteiger partial charge in [0, 0.05) is 0 Å². The average Bonchev–Trinajstić information content (AvgIpc) is 2.45. The molecule has 0 amide bonds. The van der Waals surface area contributed by atoms with Crippen molar-refractivity contribution in [3.05, 3.63) is 61.3 Å². The zero-order valence-electron chi connectivity index (χ0n) is 14.9. The van der Waals surface area contributed by atoms with Gasteiger partial charge in [-0.15, -0.1) is 0 Å². The summed E-state index contributed by atoms with van der Waals surface area (Å²) in [5.41, 5.74) is 2.57. The van der Waals surface area contributed by atoms with Crippen LogP contribution in [0.3, 0.4) is 0 Å². The van der Waals surface area contributed by atoms with Crippen LogP contribution >= 0.6 is 7.26 Å². The highest BCUT2D eigenvalue weighted by Crippen LogP contribution is 2.74. The highest BCUT2D eigenvalue weighted by Gasteiger charge is 2.49. The minimum absolute atomic E-state index is 0.181. The molecular weight excluding hydrogens is 283 g/mol. The van der Waals surface area contributed by atoms with Crippen molar-refractivity contribution in [2.45, 2.75) is 51.9 Å². The Balaban J connectivity index is 2.61.